The smallest absolute Gasteiger partial charge is 0.000506 e. The molecule has 0 bridgehead atoms. The number of benzene rings is 1. The molecule has 1 aliphatic rings. The van der Waals surface area contributed by atoms with Gasteiger partial charge in [0.2, 0.25) is 0 Å². The fourth-order valence-electron chi connectivity index (χ4n) is 1.95. The van der Waals surface area contributed by atoms with Crippen LogP contribution in [-0.4, -0.2) is 13.1 Å². The fourth-order valence-corrected chi connectivity index (χ4v) is 1.95. The Kier molecular flexibility index (Phi) is 2.36. The number of rotatable bonds is 2. The van der Waals surface area contributed by atoms with E-state index in [0.29, 0.717) is 0 Å². The van der Waals surface area contributed by atoms with Crippen LogP contribution in [0, 0.1) is 19.8 Å². The van der Waals surface area contributed by atoms with E-state index in [-0.39, 0.29) is 0 Å². The van der Waals surface area contributed by atoms with Gasteiger partial charge in [0.15, 0.2) is 0 Å². The van der Waals surface area contributed by atoms with Crippen molar-refractivity contribution in [2.24, 2.45) is 5.92 Å². The minimum absolute atomic E-state index is 0.875. The van der Waals surface area contributed by atoms with Gasteiger partial charge in [0.05, 0.1) is 0 Å². The zero-order valence-corrected chi connectivity index (χ0v) is 8.43. The second kappa shape index (κ2) is 3.51. The number of nitrogens with one attached hydrogen (secondary N) is 1. The molecule has 0 aromatic heterocycles. The average molecular weight is 175 g/mol. The van der Waals surface area contributed by atoms with Crippen molar-refractivity contribution in [3.63, 3.8) is 0 Å². The molecule has 13 heavy (non-hydrogen) atoms. The molecule has 70 valence electrons. The summed E-state index contributed by atoms with van der Waals surface area (Å²) < 4.78 is 0. The highest BCUT2D eigenvalue weighted by atomic mass is 14.9. The maximum Gasteiger partial charge on any atom is -0.000506 e. The Balaban J connectivity index is 2.17. The summed E-state index contributed by atoms with van der Waals surface area (Å²) in [6, 6.07) is 6.58. The lowest BCUT2D eigenvalue weighted by atomic mass is 9.89. The van der Waals surface area contributed by atoms with Crippen molar-refractivity contribution in [2.75, 3.05) is 13.1 Å². The van der Waals surface area contributed by atoms with Crippen molar-refractivity contribution in [2.45, 2.75) is 20.3 Å². The normalized spacial score (nSPS) is 17.1. The third-order valence-corrected chi connectivity index (χ3v) is 3.00. The third kappa shape index (κ3) is 1.75. The van der Waals surface area contributed by atoms with E-state index in [4.69, 9.17) is 0 Å². The Morgan fingerprint density at radius 2 is 1.85 bits per heavy atom. The molecule has 1 aromatic rings. The summed E-state index contributed by atoms with van der Waals surface area (Å²) in [5.41, 5.74) is 4.47. The second-order valence-electron chi connectivity index (χ2n) is 4.10. The van der Waals surface area contributed by atoms with Gasteiger partial charge in [-0.05, 0) is 56.0 Å². The molecule has 1 nitrogen and oxygen atoms in total. The quantitative estimate of drug-likeness (QED) is 0.725. The van der Waals surface area contributed by atoms with Crippen LogP contribution in [0.3, 0.4) is 0 Å². The minimum Gasteiger partial charge on any atom is -0.316 e. The predicted molar refractivity (Wildman–Crippen MR) is 56.0 cm³/mol. The van der Waals surface area contributed by atoms with Crippen LogP contribution in [0.5, 0.6) is 0 Å². The second-order valence-corrected chi connectivity index (χ2v) is 4.10. The summed E-state index contributed by atoms with van der Waals surface area (Å²) in [7, 11) is 0. The average Bonchev–Trinajstić information content (AvgIpc) is 2.00. The fraction of sp³-hybridized carbons (Fsp3) is 0.500. The van der Waals surface area contributed by atoms with E-state index in [9.17, 15) is 0 Å². The molecule has 1 aromatic carbocycles. The van der Waals surface area contributed by atoms with Crippen LogP contribution in [0.1, 0.15) is 16.7 Å². The molecule has 0 saturated carbocycles. The first kappa shape index (κ1) is 8.76. The monoisotopic (exact) mass is 175 g/mol. The number of aryl methyl sites for hydroxylation is 2. The van der Waals surface area contributed by atoms with Gasteiger partial charge in [0, 0.05) is 0 Å². The summed E-state index contributed by atoms with van der Waals surface area (Å²) in [5, 5.41) is 3.32. The van der Waals surface area contributed by atoms with Gasteiger partial charge in [-0.25, -0.2) is 0 Å². The van der Waals surface area contributed by atoms with Crippen LogP contribution < -0.4 is 5.32 Å². The molecular formula is C12H17N. The Bertz CT molecular complexity index is 280. The molecule has 0 spiro atoms. The van der Waals surface area contributed by atoms with E-state index >= 15 is 0 Å². The van der Waals surface area contributed by atoms with Crippen LogP contribution in [0.4, 0.5) is 0 Å². The zero-order chi connectivity index (χ0) is 9.26. The topological polar surface area (TPSA) is 12.0 Å². The zero-order valence-electron chi connectivity index (χ0n) is 8.43. The van der Waals surface area contributed by atoms with Gasteiger partial charge in [-0.15, -0.1) is 0 Å². The van der Waals surface area contributed by atoms with Crippen LogP contribution in [0.25, 0.3) is 0 Å². The molecule has 0 unspecified atom stereocenters. The Morgan fingerprint density at radius 3 is 2.31 bits per heavy atom. The lowest BCUT2D eigenvalue weighted by Gasteiger charge is -2.28. The lowest BCUT2D eigenvalue weighted by molar-refractivity contribution is 0.346. The molecule has 0 radical (unpaired) electrons. The summed E-state index contributed by atoms with van der Waals surface area (Å²) in [4.78, 5) is 0. The van der Waals surface area contributed by atoms with Crippen LogP contribution in [-0.2, 0) is 6.42 Å². The molecule has 0 aliphatic carbocycles. The molecule has 1 fully saturated rings. The van der Waals surface area contributed by atoms with E-state index in [1.165, 1.54) is 30.6 Å². The Morgan fingerprint density at radius 1 is 1.23 bits per heavy atom. The highest BCUT2D eigenvalue weighted by molar-refractivity contribution is 5.34. The predicted octanol–water partition coefficient (Wildman–Crippen LogP) is 2.07. The van der Waals surface area contributed by atoms with E-state index in [2.05, 4.69) is 37.4 Å². The van der Waals surface area contributed by atoms with Gasteiger partial charge < -0.3 is 5.32 Å². The van der Waals surface area contributed by atoms with Gasteiger partial charge in [-0.2, -0.15) is 0 Å². The van der Waals surface area contributed by atoms with Gasteiger partial charge in [-0.1, -0.05) is 18.2 Å². The summed E-state index contributed by atoms with van der Waals surface area (Å²) in [5.74, 6) is 0.875. The van der Waals surface area contributed by atoms with Crippen molar-refractivity contribution in [3.05, 3.63) is 34.9 Å². The first-order valence-corrected chi connectivity index (χ1v) is 5.03. The Hall–Kier alpha value is -0.820. The van der Waals surface area contributed by atoms with Crippen molar-refractivity contribution in [1.82, 2.24) is 5.32 Å². The molecule has 1 heterocycles. The van der Waals surface area contributed by atoms with Crippen LogP contribution in [0.15, 0.2) is 18.2 Å². The third-order valence-electron chi connectivity index (χ3n) is 3.00. The Labute approximate surface area is 80.2 Å². The van der Waals surface area contributed by atoms with Gasteiger partial charge in [-0.3, -0.25) is 0 Å². The molecule has 1 heteroatoms. The maximum absolute atomic E-state index is 3.32. The van der Waals surface area contributed by atoms with Gasteiger partial charge in [0.25, 0.3) is 0 Å². The number of hydrogen-bond acceptors (Lipinski definition) is 1. The summed E-state index contributed by atoms with van der Waals surface area (Å²) in [6.07, 6.45) is 1.26. The largest absolute Gasteiger partial charge is 0.316 e. The first-order valence-electron chi connectivity index (χ1n) is 5.03. The standard InChI is InChI=1S/C12H17N/c1-9-4-3-5-10(2)12(9)6-11-7-13-8-11/h3-5,11,13H,6-8H2,1-2H3. The van der Waals surface area contributed by atoms with E-state index < -0.39 is 0 Å². The molecule has 0 atom stereocenters. The molecule has 1 aliphatic heterocycles. The molecule has 1 saturated heterocycles. The highest BCUT2D eigenvalue weighted by Gasteiger charge is 2.18. The van der Waals surface area contributed by atoms with E-state index in [1.54, 1.807) is 5.56 Å². The SMILES string of the molecule is Cc1cccc(C)c1CC1CNC1. The van der Waals surface area contributed by atoms with Crippen LogP contribution >= 0.6 is 0 Å². The molecule has 1 N–H and O–H groups in total. The molecular weight excluding hydrogens is 158 g/mol. The van der Waals surface area contributed by atoms with Gasteiger partial charge >= 0.3 is 0 Å². The molecule has 0 amide bonds. The van der Waals surface area contributed by atoms with E-state index in [1.807, 2.05) is 0 Å². The van der Waals surface area contributed by atoms with E-state index in [0.717, 1.165) is 5.92 Å². The highest BCUT2D eigenvalue weighted by Crippen LogP contribution is 2.19. The van der Waals surface area contributed by atoms with Crippen molar-refractivity contribution >= 4 is 0 Å². The first-order chi connectivity index (χ1) is 6.27. The summed E-state index contributed by atoms with van der Waals surface area (Å²) in [6.45, 7) is 6.84. The van der Waals surface area contributed by atoms with Crippen molar-refractivity contribution < 1.29 is 0 Å². The van der Waals surface area contributed by atoms with Gasteiger partial charge in [0.1, 0.15) is 0 Å². The maximum atomic E-state index is 3.32. The van der Waals surface area contributed by atoms with Crippen molar-refractivity contribution in [1.29, 1.82) is 0 Å². The molecule has 2 rings (SSSR count). The minimum atomic E-state index is 0.875. The van der Waals surface area contributed by atoms with Crippen molar-refractivity contribution in [3.8, 4) is 0 Å². The summed E-state index contributed by atoms with van der Waals surface area (Å²) >= 11 is 0. The number of hydrogen-bond donors (Lipinski definition) is 1. The van der Waals surface area contributed by atoms with Crippen LogP contribution in [0.2, 0.25) is 0 Å². The lowest BCUT2D eigenvalue weighted by Crippen LogP contribution is -2.43.